The summed E-state index contributed by atoms with van der Waals surface area (Å²) in [5.41, 5.74) is -1.98. The van der Waals surface area contributed by atoms with Gasteiger partial charge in [0.2, 0.25) is 0 Å². The Kier molecular flexibility index (Phi) is 28.0. The molecule has 0 bridgehead atoms. The monoisotopic (exact) mass is 1250 g/mol. The molecular formula is C69H70O22. The van der Waals surface area contributed by atoms with E-state index in [9.17, 15) is 52.7 Å². The molecule has 91 heavy (non-hydrogen) atoms. The number of unbranched alkanes of at least 4 members (excludes halogenated alkanes) is 3. The zero-order valence-electron chi connectivity index (χ0n) is 51.3. The van der Waals surface area contributed by atoms with Gasteiger partial charge in [-0.3, -0.25) is 9.59 Å². The van der Waals surface area contributed by atoms with Gasteiger partial charge in [0.05, 0.1) is 62.9 Å². The van der Waals surface area contributed by atoms with Crippen molar-refractivity contribution in [2.24, 2.45) is 10.8 Å². The third kappa shape index (κ3) is 22.1. The van der Waals surface area contributed by atoms with Gasteiger partial charge in [-0.1, -0.05) is 88.6 Å². The lowest BCUT2D eigenvalue weighted by Crippen LogP contribution is -2.44. The molecule has 22 nitrogen and oxygen atoms in total. The largest absolute Gasteiger partial charge is 0.466 e. The number of rotatable bonds is 32. The van der Waals surface area contributed by atoms with Crippen LogP contribution >= 0.6 is 0 Å². The van der Waals surface area contributed by atoms with E-state index in [0.29, 0.717) is 28.7 Å². The second-order valence-electron chi connectivity index (χ2n) is 20.2. The summed E-state index contributed by atoms with van der Waals surface area (Å²) < 4.78 is 59.1. The fourth-order valence-corrected chi connectivity index (χ4v) is 8.03. The Balaban J connectivity index is 1.52. The normalized spacial score (nSPS) is 12.4. The van der Waals surface area contributed by atoms with Crippen LogP contribution in [0, 0.1) is 10.8 Å². The molecule has 0 aliphatic heterocycles. The van der Waals surface area contributed by atoms with Gasteiger partial charge in [0.15, 0.2) is 0 Å². The molecule has 22 heteroatoms. The lowest BCUT2D eigenvalue weighted by atomic mass is 9.86. The zero-order valence-corrected chi connectivity index (χ0v) is 51.3. The standard InChI is InChI=1S/C69H70O22/c1-8-11-12-13-38-85-65(78)54-39-55(90-66(79)68(9-2,42-86-61(74)50-26-14-46(15-27-50)22-34-57(70)81-4)43-87-62(75)51-28-16-47(17-29-51)23-35-58(71)82-5)41-56(40-54)91-67(80)69(10-3,44-88-63(76)52-30-18-48(19-31-52)24-36-59(72)83-6)45-89-64(77)53-32-20-49(21-33-53)25-37-60(73)84-7/h14-37,39-41H,8-13,38,42-45H2,1-7H3. The van der Waals surface area contributed by atoms with Gasteiger partial charge in [-0.2, -0.15) is 0 Å². The quantitative estimate of drug-likeness (QED) is 0.0127. The van der Waals surface area contributed by atoms with Gasteiger partial charge in [-0.05, 0) is 126 Å². The minimum atomic E-state index is -1.99. The summed E-state index contributed by atoms with van der Waals surface area (Å²) >= 11 is 0. The molecule has 478 valence electrons. The number of benzene rings is 5. The summed E-state index contributed by atoms with van der Waals surface area (Å²) in [6, 6.07) is 26.9. The molecule has 5 rings (SSSR count). The van der Waals surface area contributed by atoms with E-state index in [1.165, 1.54) is 188 Å². The highest BCUT2D eigenvalue weighted by Crippen LogP contribution is 2.34. The van der Waals surface area contributed by atoms with E-state index in [2.05, 4.69) is 18.9 Å². The molecule has 0 heterocycles. The first-order valence-corrected chi connectivity index (χ1v) is 28.6. The predicted molar refractivity (Wildman–Crippen MR) is 329 cm³/mol. The van der Waals surface area contributed by atoms with E-state index in [1.54, 1.807) is 0 Å². The van der Waals surface area contributed by atoms with Crippen LogP contribution in [0.25, 0.3) is 24.3 Å². The van der Waals surface area contributed by atoms with Crippen molar-refractivity contribution >= 4 is 90.0 Å². The van der Waals surface area contributed by atoms with Gasteiger partial charge in [-0.25, -0.2) is 43.2 Å². The molecule has 0 atom stereocenters. The predicted octanol–water partition coefficient (Wildman–Crippen LogP) is 10.2. The Morgan fingerprint density at radius 3 is 0.868 bits per heavy atom. The summed E-state index contributed by atoms with van der Waals surface area (Å²) in [6.45, 7) is 2.08. The van der Waals surface area contributed by atoms with E-state index in [4.69, 9.17) is 33.2 Å². The lowest BCUT2D eigenvalue weighted by Gasteiger charge is -2.30. The molecule has 0 aliphatic rings. The van der Waals surface area contributed by atoms with Gasteiger partial charge in [-0.15, -0.1) is 0 Å². The maximum atomic E-state index is 14.9. The van der Waals surface area contributed by atoms with Crippen LogP contribution in [0.15, 0.2) is 140 Å². The highest BCUT2D eigenvalue weighted by atomic mass is 16.6. The van der Waals surface area contributed by atoms with Crippen LogP contribution in [0.5, 0.6) is 11.5 Å². The zero-order chi connectivity index (χ0) is 66.3. The molecule has 0 saturated carbocycles. The summed E-state index contributed by atoms with van der Waals surface area (Å²) in [5.74, 6) is -10.1. The van der Waals surface area contributed by atoms with Crippen LogP contribution in [0.1, 0.15) is 133 Å². The number of carbonyl (C=O) groups is 11. The number of esters is 11. The molecule has 0 amide bonds. The summed E-state index contributed by atoms with van der Waals surface area (Å²) in [5, 5.41) is 0. The van der Waals surface area contributed by atoms with Crippen molar-refractivity contribution in [3.8, 4) is 11.5 Å². The van der Waals surface area contributed by atoms with Crippen LogP contribution in [-0.4, -0.2) is 127 Å². The van der Waals surface area contributed by atoms with Crippen molar-refractivity contribution in [2.75, 3.05) is 61.5 Å². The SMILES string of the molecule is CCCCCCOC(=O)c1cc(OC(=O)C(CC)(COC(=O)c2ccc(C=CC(=O)OC)cc2)COC(=O)c2ccc(C=CC(=O)OC)cc2)cc(OC(=O)C(CC)(COC(=O)c2ccc(C=CC(=O)OC)cc2)COC(=O)c2ccc(C=CC(=O)OC)cc2)c1. The van der Waals surface area contributed by atoms with Crippen molar-refractivity contribution in [3.05, 3.63) is 190 Å². The first-order valence-electron chi connectivity index (χ1n) is 28.6. The third-order valence-corrected chi connectivity index (χ3v) is 13.9. The summed E-state index contributed by atoms with van der Waals surface area (Å²) in [4.78, 5) is 145. The number of hydrogen-bond donors (Lipinski definition) is 0. The Morgan fingerprint density at radius 1 is 0.341 bits per heavy atom. The Labute approximate surface area is 525 Å². The van der Waals surface area contributed by atoms with Crippen molar-refractivity contribution in [1.82, 2.24) is 0 Å². The minimum absolute atomic E-state index is 0.0109. The van der Waals surface area contributed by atoms with Crippen molar-refractivity contribution in [1.29, 1.82) is 0 Å². The first kappa shape index (κ1) is 71.0. The first-order chi connectivity index (χ1) is 43.7. The molecule has 5 aromatic carbocycles. The molecule has 0 spiro atoms. The molecule has 0 unspecified atom stereocenters. The molecule has 5 aromatic rings. The number of carbonyl (C=O) groups excluding carboxylic acids is 11. The molecule has 0 saturated heterocycles. The average Bonchev–Trinajstić information content (AvgIpc) is 1.88. The van der Waals surface area contributed by atoms with E-state index in [1.807, 2.05) is 6.92 Å². The fraction of sp³-hybridized carbons (Fsp3) is 0.290. The number of ether oxygens (including phenoxy) is 11. The number of hydrogen-bond acceptors (Lipinski definition) is 22. The molecule has 0 aromatic heterocycles. The van der Waals surface area contributed by atoms with Crippen LogP contribution < -0.4 is 9.47 Å². The Morgan fingerprint density at radius 2 is 0.615 bits per heavy atom. The van der Waals surface area contributed by atoms with Crippen LogP contribution in [0.2, 0.25) is 0 Å². The fourth-order valence-electron chi connectivity index (χ4n) is 8.03. The van der Waals surface area contributed by atoms with Crippen molar-refractivity contribution in [2.45, 2.75) is 59.3 Å². The van der Waals surface area contributed by atoms with E-state index < -0.39 is 114 Å². The smallest absolute Gasteiger partial charge is 0.338 e. The van der Waals surface area contributed by atoms with E-state index in [0.717, 1.165) is 37.5 Å². The van der Waals surface area contributed by atoms with Crippen LogP contribution in [-0.2, 0) is 71.4 Å². The maximum absolute atomic E-state index is 14.9. The highest BCUT2D eigenvalue weighted by molar-refractivity contribution is 5.95. The second kappa shape index (κ2) is 35.9. The molecule has 0 N–H and O–H groups in total. The maximum Gasteiger partial charge on any atom is 0.338 e. The summed E-state index contributed by atoms with van der Waals surface area (Å²) in [7, 11) is 4.88. The van der Waals surface area contributed by atoms with Crippen LogP contribution in [0.3, 0.4) is 0 Å². The topological polar surface area (TPSA) is 289 Å². The van der Waals surface area contributed by atoms with Gasteiger partial charge in [0.25, 0.3) is 0 Å². The summed E-state index contributed by atoms with van der Waals surface area (Å²) in [6.07, 6.45) is 13.2. The van der Waals surface area contributed by atoms with E-state index in [-0.39, 0.29) is 47.3 Å². The Bertz CT molecular complexity index is 3110. The Hall–Kier alpha value is -10.8. The van der Waals surface area contributed by atoms with E-state index >= 15 is 0 Å². The van der Waals surface area contributed by atoms with Gasteiger partial charge in [0.1, 0.15) is 48.8 Å². The minimum Gasteiger partial charge on any atom is -0.466 e. The second-order valence-corrected chi connectivity index (χ2v) is 20.2. The van der Waals surface area contributed by atoms with Gasteiger partial charge >= 0.3 is 65.7 Å². The third-order valence-electron chi connectivity index (χ3n) is 13.9. The average molecular weight is 1250 g/mol. The highest BCUT2D eigenvalue weighted by Gasteiger charge is 2.44. The van der Waals surface area contributed by atoms with Crippen LogP contribution in [0.4, 0.5) is 0 Å². The van der Waals surface area contributed by atoms with Crippen molar-refractivity contribution < 1.29 is 105 Å². The molecule has 0 fully saturated rings. The number of methoxy groups -OCH3 is 4. The van der Waals surface area contributed by atoms with Crippen molar-refractivity contribution in [3.63, 3.8) is 0 Å². The lowest BCUT2D eigenvalue weighted by molar-refractivity contribution is -0.152. The molecule has 0 radical (unpaired) electrons. The molecule has 0 aliphatic carbocycles. The molecular weight excluding hydrogens is 1180 g/mol. The van der Waals surface area contributed by atoms with Gasteiger partial charge in [0, 0.05) is 30.4 Å². The van der Waals surface area contributed by atoms with Gasteiger partial charge < -0.3 is 52.1 Å².